The summed E-state index contributed by atoms with van der Waals surface area (Å²) in [5.41, 5.74) is -0.471. The molecule has 0 fully saturated rings. The molecule has 2 N–H and O–H groups in total. The Balaban J connectivity index is 1.98. The Labute approximate surface area is 150 Å². The SMILES string of the molecule is CC(C)(C)OC(=O)NC(COc1ccc(C(=O)O)cc1)Cn1ncnn1. The lowest BCUT2D eigenvalue weighted by Crippen LogP contribution is -2.44. The highest BCUT2D eigenvalue weighted by molar-refractivity contribution is 5.87. The molecular weight excluding hydrogens is 342 g/mol. The van der Waals surface area contributed by atoms with E-state index < -0.39 is 23.7 Å². The van der Waals surface area contributed by atoms with Gasteiger partial charge in [0.25, 0.3) is 0 Å². The first kappa shape index (κ1) is 19.2. The topological polar surface area (TPSA) is 128 Å². The van der Waals surface area contributed by atoms with E-state index in [0.29, 0.717) is 5.75 Å². The highest BCUT2D eigenvalue weighted by Gasteiger charge is 2.21. The molecule has 0 bridgehead atoms. The zero-order chi connectivity index (χ0) is 19.2. The molecule has 140 valence electrons. The van der Waals surface area contributed by atoms with Crippen molar-refractivity contribution in [2.75, 3.05) is 6.61 Å². The van der Waals surface area contributed by atoms with Crippen LogP contribution in [0.1, 0.15) is 31.1 Å². The highest BCUT2D eigenvalue weighted by Crippen LogP contribution is 2.13. The van der Waals surface area contributed by atoms with E-state index in [2.05, 4.69) is 20.7 Å². The first-order valence-corrected chi connectivity index (χ1v) is 7.89. The van der Waals surface area contributed by atoms with Gasteiger partial charge in [0.2, 0.25) is 0 Å². The van der Waals surface area contributed by atoms with Crippen molar-refractivity contribution >= 4 is 12.1 Å². The number of carbonyl (C=O) groups is 2. The number of hydrogen-bond acceptors (Lipinski definition) is 7. The normalized spacial score (nSPS) is 12.3. The summed E-state index contributed by atoms with van der Waals surface area (Å²) in [5.74, 6) is -0.546. The standard InChI is InChI=1S/C16H21N5O5/c1-16(2,3)26-15(24)19-12(8-21-18-10-17-20-21)9-25-13-6-4-11(5-7-13)14(22)23/h4-7,10,12H,8-9H2,1-3H3,(H,19,24)(H,22,23). The lowest BCUT2D eigenvalue weighted by Gasteiger charge is -2.23. The number of carboxylic acid groups (broad SMARTS) is 1. The first-order chi connectivity index (χ1) is 12.2. The van der Waals surface area contributed by atoms with Gasteiger partial charge < -0.3 is 19.9 Å². The number of rotatable bonds is 7. The minimum atomic E-state index is -1.02. The Hall–Kier alpha value is -3.17. The molecule has 1 amide bonds. The molecule has 0 saturated heterocycles. The fraction of sp³-hybridized carbons (Fsp3) is 0.438. The van der Waals surface area contributed by atoms with Crippen LogP contribution in [-0.4, -0.2) is 55.6 Å². The van der Waals surface area contributed by atoms with Crippen LogP contribution in [-0.2, 0) is 11.3 Å². The minimum Gasteiger partial charge on any atom is -0.491 e. The summed E-state index contributed by atoms with van der Waals surface area (Å²) in [7, 11) is 0. The van der Waals surface area contributed by atoms with Crippen molar-refractivity contribution < 1.29 is 24.2 Å². The van der Waals surface area contributed by atoms with Crippen LogP contribution in [0, 0.1) is 0 Å². The number of tetrazole rings is 1. The van der Waals surface area contributed by atoms with Crippen molar-refractivity contribution in [3.8, 4) is 5.75 Å². The molecule has 1 aromatic heterocycles. The van der Waals surface area contributed by atoms with Crippen LogP contribution in [0.5, 0.6) is 5.75 Å². The van der Waals surface area contributed by atoms with Gasteiger partial charge in [0.1, 0.15) is 18.0 Å². The maximum Gasteiger partial charge on any atom is 0.408 e. The molecule has 0 radical (unpaired) electrons. The molecule has 0 aliphatic rings. The number of aromatic nitrogens is 4. The molecule has 10 nitrogen and oxygen atoms in total. The van der Waals surface area contributed by atoms with Gasteiger partial charge >= 0.3 is 12.1 Å². The number of benzene rings is 1. The van der Waals surface area contributed by atoms with Crippen LogP contribution >= 0.6 is 0 Å². The lowest BCUT2D eigenvalue weighted by atomic mass is 10.2. The fourth-order valence-corrected chi connectivity index (χ4v) is 1.97. The molecule has 0 aliphatic heterocycles. The van der Waals surface area contributed by atoms with Crippen molar-refractivity contribution in [1.29, 1.82) is 0 Å². The largest absolute Gasteiger partial charge is 0.491 e. The maximum absolute atomic E-state index is 12.0. The number of hydrogen-bond donors (Lipinski definition) is 2. The lowest BCUT2D eigenvalue weighted by molar-refractivity contribution is 0.0477. The summed E-state index contributed by atoms with van der Waals surface area (Å²) in [6.07, 6.45) is 0.697. The number of carbonyl (C=O) groups excluding carboxylic acids is 1. The summed E-state index contributed by atoms with van der Waals surface area (Å²) in [5, 5.41) is 22.9. The van der Waals surface area contributed by atoms with E-state index in [0.717, 1.165) is 0 Å². The third-order valence-electron chi connectivity index (χ3n) is 3.05. The summed E-state index contributed by atoms with van der Waals surface area (Å²) < 4.78 is 10.9. The van der Waals surface area contributed by atoms with Gasteiger partial charge in [0.15, 0.2) is 6.33 Å². The number of ether oxygens (including phenoxy) is 2. The first-order valence-electron chi connectivity index (χ1n) is 7.89. The Morgan fingerprint density at radius 3 is 2.50 bits per heavy atom. The molecule has 2 rings (SSSR count). The number of nitrogens with one attached hydrogen (secondary N) is 1. The quantitative estimate of drug-likeness (QED) is 0.754. The smallest absolute Gasteiger partial charge is 0.408 e. The molecule has 26 heavy (non-hydrogen) atoms. The zero-order valence-electron chi connectivity index (χ0n) is 14.7. The average molecular weight is 363 g/mol. The Morgan fingerprint density at radius 1 is 1.27 bits per heavy atom. The highest BCUT2D eigenvalue weighted by atomic mass is 16.6. The number of alkyl carbamates (subject to hydrolysis) is 1. The summed E-state index contributed by atoms with van der Waals surface area (Å²) in [4.78, 5) is 24.2. The third kappa shape index (κ3) is 6.38. The maximum atomic E-state index is 12.0. The molecule has 0 saturated carbocycles. The molecule has 0 aliphatic carbocycles. The molecule has 1 heterocycles. The van der Waals surface area contributed by atoms with Gasteiger partial charge in [-0.3, -0.25) is 0 Å². The fourth-order valence-electron chi connectivity index (χ4n) is 1.97. The van der Waals surface area contributed by atoms with Gasteiger partial charge in [-0.1, -0.05) is 0 Å². The third-order valence-corrected chi connectivity index (χ3v) is 3.05. The van der Waals surface area contributed by atoms with Gasteiger partial charge in [-0.15, -0.1) is 10.2 Å². The summed E-state index contributed by atoms with van der Waals surface area (Å²) >= 11 is 0. The molecule has 1 aromatic carbocycles. The molecular formula is C16H21N5O5. The van der Waals surface area contributed by atoms with Crippen LogP contribution in [0.2, 0.25) is 0 Å². The zero-order valence-corrected chi connectivity index (χ0v) is 14.7. The van der Waals surface area contributed by atoms with Gasteiger partial charge in [-0.05, 0) is 50.3 Å². The van der Waals surface area contributed by atoms with Crippen LogP contribution in [0.3, 0.4) is 0 Å². The number of aromatic carboxylic acids is 1. The predicted octanol–water partition coefficient (Wildman–Crippen LogP) is 1.34. The van der Waals surface area contributed by atoms with E-state index >= 15 is 0 Å². The second-order valence-electron chi connectivity index (χ2n) is 6.47. The Bertz CT molecular complexity index is 724. The predicted molar refractivity (Wildman–Crippen MR) is 89.9 cm³/mol. The van der Waals surface area contributed by atoms with Crippen molar-refractivity contribution in [2.24, 2.45) is 0 Å². The van der Waals surface area contributed by atoms with E-state index in [1.54, 1.807) is 32.9 Å². The van der Waals surface area contributed by atoms with Crippen molar-refractivity contribution in [2.45, 2.75) is 39.0 Å². The monoisotopic (exact) mass is 363 g/mol. The van der Waals surface area contributed by atoms with Crippen molar-refractivity contribution in [3.05, 3.63) is 36.2 Å². The number of amides is 1. The molecule has 0 spiro atoms. The van der Waals surface area contributed by atoms with Gasteiger partial charge in [-0.25, -0.2) is 9.59 Å². The van der Waals surface area contributed by atoms with Crippen LogP contribution in [0.15, 0.2) is 30.6 Å². The Morgan fingerprint density at radius 2 is 1.96 bits per heavy atom. The van der Waals surface area contributed by atoms with Gasteiger partial charge in [-0.2, -0.15) is 4.80 Å². The summed E-state index contributed by atoms with van der Waals surface area (Å²) in [6, 6.07) is 5.47. The van der Waals surface area contributed by atoms with Gasteiger partial charge in [0.05, 0.1) is 18.2 Å². The van der Waals surface area contributed by atoms with E-state index in [1.165, 1.54) is 23.3 Å². The van der Waals surface area contributed by atoms with Crippen LogP contribution in [0.25, 0.3) is 0 Å². The molecule has 1 unspecified atom stereocenters. The van der Waals surface area contributed by atoms with E-state index in [4.69, 9.17) is 14.6 Å². The number of nitrogens with zero attached hydrogens (tertiary/aromatic N) is 4. The molecule has 2 aromatic rings. The molecule has 10 heteroatoms. The average Bonchev–Trinajstić information content (AvgIpc) is 3.04. The number of carboxylic acids is 1. The van der Waals surface area contributed by atoms with Gasteiger partial charge in [0, 0.05) is 0 Å². The van der Waals surface area contributed by atoms with E-state index in [-0.39, 0.29) is 18.7 Å². The van der Waals surface area contributed by atoms with Crippen molar-refractivity contribution in [1.82, 2.24) is 25.5 Å². The summed E-state index contributed by atoms with van der Waals surface area (Å²) in [6.45, 7) is 5.63. The Kier molecular flexibility index (Phi) is 6.10. The van der Waals surface area contributed by atoms with Crippen LogP contribution in [0.4, 0.5) is 4.79 Å². The minimum absolute atomic E-state index is 0.104. The van der Waals surface area contributed by atoms with E-state index in [9.17, 15) is 9.59 Å². The van der Waals surface area contributed by atoms with Crippen molar-refractivity contribution in [3.63, 3.8) is 0 Å². The van der Waals surface area contributed by atoms with Crippen LogP contribution < -0.4 is 10.1 Å². The second kappa shape index (κ2) is 8.28. The molecule has 1 atom stereocenters. The second-order valence-corrected chi connectivity index (χ2v) is 6.47. The van der Waals surface area contributed by atoms with E-state index in [1.807, 2.05) is 0 Å².